The van der Waals surface area contributed by atoms with E-state index in [1.54, 1.807) is 0 Å². The average Bonchev–Trinajstić information content (AvgIpc) is 3.18. The fourth-order valence-corrected chi connectivity index (χ4v) is 8.66. The number of piperidine rings is 1. The van der Waals surface area contributed by atoms with Crippen molar-refractivity contribution < 1.29 is 0 Å². The van der Waals surface area contributed by atoms with Crippen LogP contribution in [0.4, 0.5) is 0 Å². The summed E-state index contributed by atoms with van der Waals surface area (Å²) >= 11 is 3.63. The molecule has 2 aliphatic carbocycles. The third kappa shape index (κ3) is 4.03. The number of nitrogens with zero attached hydrogens (tertiary/aromatic N) is 3. The number of halogens is 1. The Bertz CT molecular complexity index is 1370. The van der Waals surface area contributed by atoms with E-state index in [1.807, 2.05) is 12.1 Å². The van der Waals surface area contributed by atoms with Gasteiger partial charge in [-0.25, -0.2) is 0 Å². The highest BCUT2D eigenvalue weighted by atomic mass is 79.9. The molecule has 37 heavy (non-hydrogen) atoms. The highest BCUT2D eigenvalue weighted by Gasteiger charge is 2.46. The van der Waals surface area contributed by atoms with Gasteiger partial charge in [-0.05, 0) is 109 Å². The second kappa shape index (κ2) is 9.64. The van der Waals surface area contributed by atoms with Crippen molar-refractivity contribution in [2.45, 2.75) is 88.4 Å². The first-order chi connectivity index (χ1) is 18.1. The quantitative estimate of drug-likeness (QED) is 0.334. The van der Waals surface area contributed by atoms with Gasteiger partial charge in [-0.1, -0.05) is 56.7 Å². The minimum absolute atomic E-state index is 0.1000. The van der Waals surface area contributed by atoms with Crippen molar-refractivity contribution in [1.29, 1.82) is 0 Å². The molecular formula is C32H38BrN3O. The van der Waals surface area contributed by atoms with Gasteiger partial charge < -0.3 is 4.90 Å². The first-order valence-corrected chi connectivity index (χ1v) is 15.5. The molecule has 0 unspecified atom stereocenters. The van der Waals surface area contributed by atoms with Gasteiger partial charge in [0.15, 0.2) is 0 Å². The van der Waals surface area contributed by atoms with Gasteiger partial charge in [-0.3, -0.25) is 9.36 Å². The fourth-order valence-electron chi connectivity index (χ4n) is 8.13. The Labute approximate surface area is 228 Å². The Morgan fingerprint density at radius 2 is 1.68 bits per heavy atom. The molecule has 4 nitrogen and oxygen atoms in total. The molecule has 4 aliphatic rings. The number of aromatic nitrogens is 2. The first kappa shape index (κ1) is 24.1. The Morgan fingerprint density at radius 1 is 0.919 bits per heavy atom. The van der Waals surface area contributed by atoms with Gasteiger partial charge in [0.05, 0.1) is 22.0 Å². The second-order valence-electron chi connectivity index (χ2n) is 12.2. The van der Waals surface area contributed by atoms with Crippen molar-refractivity contribution in [3.8, 4) is 5.69 Å². The SMILES string of the molecule is O=c1nc2n(c3cccc(Br)c13)-c1ccc(C3CCN(CC4CCCCC4)CC3)cc1C21CCCCC1. The van der Waals surface area contributed by atoms with E-state index < -0.39 is 0 Å². The zero-order valence-corrected chi connectivity index (χ0v) is 23.4. The largest absolute Gasteiger partial charge is 0.303 e. The van der Waals surface area contributed by atoms with Crippen LogP contribution in [0, 0.1) is 5.92 Å². The average molecular weight is 561 g/mol. The van der Waals surface area contributed by atoms with E-state index in [4.69, 9.17) is 4.98 Å². The van der Waals surface area contributed by atoms with E-state index in [0.29, 0.717) is 11.3 Å². The minimum atomic E-state index is -0.124. The van der Waals surface area contributed by atoms with Crippen LogP contribution in [0.5, 0.6) is 0 Å². The molecule has 0 bridgehead atoms. The van der Waals surface area contributed by atoms with Crippen LogP contribution in [0.25, 0.3) is 16.6 Å². The summed E-state index contributed by atoms with van der Waals surface area (Å²) in [5.74, 6) is 2.55. The zero-order chi connectivity index (χ0) is 25.0. The molecule has 194 valence electrons. The molecule has 2 aliphatic heterocycles. The van der Waals surface area contributed by atoms with Crippen molar-refractivity contribution in [2.75, 3.05) is 19.6 Å². The lowest BCUT2D eigenvalue weighted by Crippen LogP contribution is -2.37. The number of fused-ring (bicyclic) bond motifs is 7. The van der Waals surface area contributed by atoms with E-state index in [0.717, 1.165) is 34.6 Å². The maximum absolute atomic E-state index is 13.3. The second-order valence-corrected chi connectivity index (χ2v) is 13.1. The van der Waals surface area contributed by atoms with E-state index in [1.165, 1.54) is 101 Å². The van der Waals surface area contributed by atoms with Gasteiger partial charge >= 0.3 is 0 Å². The summed E-state index contributed by atoms with van der Waals surface area (Å²) in [6.07, 6.45) is 15.6. The van der Waals surface area contributed by atoms with Crippen LogP contribution in [0.3, 0.4) is 0 Å². The smallest absolute Gasteiger partial charge is 0.281 e. The molecule has 3 aromatic rings. The molecule has 0 amide bonds. The van der Waals surface area contributed by atoms with Gasteiger partial charge in [0.2, 0.25) is 0 Å². The Morgan fingerprint density at radius 3 is 2.46 bits per heavy atom. The summed E-state index contributed by atoms with van der Waals surface area (Å²) in [7, 11) is 0. The zero-order valence-electron chi connectivity index (χ0n) is 21.9. The molecule has 1 spiro atoms. The van der Waals surface area contributed by atoms with Crippen molar-refractivity contribution >= 4 is 26.8 Å². The predicted octanol–water partition coefficient (Wildman–Crippen LogP) is 7.47. The van der Waals surface area contributed by atoms with Crippen molar-refractivity contribution in [3.63, 3.8) is 0 Å². The molecule has 0 atom stereocenters. The molecule has 5 heteroatoms. The van der Waals surface area contributed by atoms with Crippen LogP contribution >= 0.6 is 15.9 Å². The number of rotatable bonds is 3. The highest BCUT2D eigenvalue weighted by Crippen LogP contribution is 2.52. The van der Waals surface area contributed by atoms with Gasteiger partial charge in [0.25, 0.3) is 5.56 Å². The van der Waals surface area contributed by atoms with E-state index in [9.17, 15) is 4.79 Å². The van der Waals surface area contributed by atoms with Gasteiger partial charge in [0.1, 0.15) is 5.82 Å². The monoisotopic (exact) mass is 559 g/mol. The lowest BCUT2D eigenvalue weighted by atomic mass is 9.69. The number of benzene rings is 2. The van der Waals surface area contributed by atoms with Crippen LogP contribution in [-0.4, -0.2) is 34.1 Å². The molecule has 0 N–H and O–H groups in total. The maximum atomic E-state index is 13.3. The Kier molecular flexibility index (Phi) is 6.28. The summed E-state index contributed by atoms with van der Waals surface area (Å²) in [4.78, 5) is 20.8. The highest BCUT2D eigenvalue weighted by molar-refractivity contribution is 9.10. The summed E-state index contributed by atoms with van der Waals surface area (Å²) in [6.45, 7) is 3.79. The summed E-state index contributed by atoms with van der Waals surface area (Å²) in [6, 6.07) is 13.3. The van der Waals surface area contributed by atoms with E-state index >= 15 is 0 Å². The molecule has 0 radical (unpaired) electrons. The molecule has 1 aromatic heterocycles. The molecule has 3 heterocycles. The molecule has 2 aromatic carbocycles. The summed E-state index contributed by atoms with van der Waals surface area (Å²) in [5, 5.41) is 0.694. The number of hydrogen-bond donors (Lipinski definition) is 0. The van der Waals surface area contributed by atoms with Gasteiger partial charge in [-0.15, -0.1) is 0 Å². The van der Waals surface area contributed by atoms with Crippen molar-refractivity contribution in [3.05, 3.63) is 68.2 Å². The first-order valence-electron chi connectivity index (χ1n) is 14.7. The molecule has 7 rings (SSSR count). The molecule has 3 fully saturated rings. The summed E-state index contributed by atoms with van der Waals surface area (Å²) in [5.41, 5.74) is 4.93. The molecule has 2 saturated carbocycles. The minimum Gasteiger partial charge on any atom is -0.303 e. The van der Waals surface area contributed by atoms with Crippen LogP contribution in [0.15, 0.2) is 45.7 Å². The van der Waals surface area contributed by atoms with Crippen LogP contribution in [-0.2, 0) is 5.41 Å². The maximum Gasteiger partial charge on any atom is 0.281 e. The lowest BCUT2D eigenvalue weighted by molar-refractivity contribution is 0.164. The van der Waals surface area contributed by atoms with Crippen molar-refractivity contribution in [1.82, 2.24) is 14.5 Å². The predicted molar refractivity (Wildman–Crippen MR) is 154 cm³/mol. The molecule has 1 saturated heterocycles. The van der Waals surface area contributed by atoms with Crippen LogP contribution in [0.1, 0.15) is 99.9 Å². The van der Waals surface area contributed by atoms with Gasteiger partial charge in [-0.2, -0.15) is 4.98 Å². The van der Waals surface area contributed by atoms with E-state index in [-0.39, 0.29) is 11.0 Å². The third-order valence-electron chi connectivity index (χ3n) is 10.1. The van der Waals surface area contributed by atoms with Crippen molar-refractivity contribution in [2.24, 2.45) is 5.92 Å². The summed E-state index contributed by atoms with van der Waals surface area (Å²) < 4.78 is 3.15. The van der Waals surface area contributed by atoms with Gasteiger partial charge in [0, 0.05) is 11.0 Å². The molecular weight excluding hydrogens is 522 g/mol. The topological polar surface area (TPSA) is 38.1 Å². The number of likely N-dealkylation sites (tertiary alicyclic amines) is 1. The Balaban J connectivity index is 1.23. The standard InChI is InChI=1S/C32H38BrN3O/c33-26-10-7-11-28-29(26)30(37)34-31-32(16-5-2-6-17-32)25-20-24(12-13-27(25)36(28)31)23-14-18-35(19-15-23)21-22-8-3-1-4-9-22/h7,10-13,20,22-23H,1-6,8-9,14-19,21H2. The van der Waals surface area contributed by atoms with Crippen LogP contribution in [0.2, 0.25) is 0 Å². The number of hydrogen-bond acceptors (Lipinski definition) is 3. The Hall–Kier alpha value is -1.98. The van der Waals surface area contributed by atoms with Crippen LogP contribution < -0.4 is 5.56 Å². The third-order valence-corrected chi connectivity index (χ3v) is 10.7. The normalized spacial score (nSPS) is 22.4. The fraction of sp³-hybridized carbons (Fsp3) is 0.562. The lowest BCUT2D eigenvalue weighted by Gasteiger charge is -2.36. The van der Waals surface area contributed by atoms with E-state index in [2.05, 4.69) is 49.7 Å².